The van der Waals surface area contributed by atoms with E-state index in [-0.39, 0.29) is 5.78 Å². The van der Waals surface area contributed by atoms with E-state index < -0.39 is 18.0 Å². The Morgan fingerprint density at radius 3 is 2.62 bits per heavy atom. The molecule has 3 rings (SSSR count). The third kappa shape index (κ3) is 4.91. The van der Waals surface area contributed by atoms with Crippen molar-refractivity contribution in [2.45, 2.75) is 26.9 Å². The zero-order valence-electron chi connectivity index (χ0n) is 16.1. The van der Waals surface area contributed by atoms with Gasteiger partial charge in [0, 0.05) is 17.4 Å². The number of esters is 1. The van der Waals surface area contributed by atoms with Crippen LogP contribution in [0.5, 0.6) is 0 Å². The van der Waals surface area contributed by atoms with Gasteiger partial charge in [-0.05, 0) is 45.0 Å². The molecule has 0 aliphatic heterocycles. The SMILES string of the molecule is CC(=O)c1cccc(NC(=O)[C@H](C)OC(=O)c2sc(-c3ccccn3)nc2C)c1. The van der Waals surface area contributed by atoms with Crippen LogP contribution >= 0.6 is 11.3 Å². The van der Waals surface area contributed by atoms with Crippen LogP contribution in [0.2, 0.25) is 0 Å². The number of thiazole rings is 1. The first-order valence-electron chi connectivity index (χ1n) is 8.87. The van der Waals surface area contributed by atoms with E-state index in [2.05, 4.69) is 15.3 Å². The molecule has 0 bridgehead atoms. The van der Waals surface area contributed by atoms with E-state index in [0.29, 0.717) is 32.5 Å². The van der Waals surface area contributed by atoms with E-state index in [9.17, 15) is 14.4 Å². The highest BCUT2D eigenvalue weighted by molar-refractivity contribution is 7.17. The number of hydrogen-bond donors (Lipinski definition) is 1. The smallest absolute Gasteiger partial charge is 0.351 e. The van der Waals surface area contributed by atoms with Gasteiger partial charge in [-0.15, -0.1) is 11.3 Å². The Morgan fingerprint density at radius 1 is 1.14 bits per heavy atom. The molecule has 0 aliphatic carbocycles. The molecular formula is C21H19N3O4S. The van der Waals surface area contributed by atoms with Gasteiger partial charge in [0.05, 0.1) is 11.4 Å². The van der Waals surface area contributed by atoms with Gasteiger partial charge in [-0.2, -0.15) is 0 Å². The van der Waals surface area contributed by atoms with Crippen LogP contribution < -0.4 is 5.32 Å². The second-order valence-electron chi connectivity index (χ2n) is 6.32. The molecule has 7 nitrogen and oxygen atoms in total. The Hall–Kier alpha value is -3.39. The third-order valence-corrected chi connectivity index (χ3v) is 5.22. The summed E-state index contributed by atoms with van der Waals surface area (Å²) in [4.78, 5) is 45.3. The van der Waals surface area contributed by atoms with Crippen LogP contribution in [0, 0.1) is 6.92 Å². The van der Waals surface area contributed by atoms with E-state index in [1.165, 1.54) is 25.2 Å². The second-order valence-corrected chi connectivity index (χ2v) is 7.32. The van der Waals surface area contributed by atoms with Crippen LogP contribution in [0.15, 0.2) is 48.7 Å². The monoisotopic (exact) mass is 409 g/mol. The average molecular weight is 409 g/mol. The lowest BCUT2D eigenvalue weighted by molar-refractivity contribution is -0.123. The molecule has 29 heavy (non-hydrogen) atoms. The maximum atomic E-state index is 12.5. The highest BCUT2D eigenvalue weighted by Crippen LogP contribution is 2.27. The minimum absolute atomic E-state index is 0.107. The van der Waals surface area contributed by atoms with Gasteiger partial charge >= 0.3 is 5.97 Å². The maximum absolute atomic E-state index is 12.5. The van der Waals surface area contributed by atoms with E-state index in [4.69, 9.17) is 4.74 Å². The van der Waals surface area contributed by atoms with E-state index in [0.717, 1.165) is 0 Å². The molecule has 2 aromatic heterocycles. The van der Waals surface area contributed by atoms with Gasteiger partial charge in [-0.3, -0.25) is 14.6 Å². The van der Waals surface area contributed by atoms with Gasteiger partial charge in [-0.25, -0.2) is 9.78 Å². The summed E-state index contributed by atoms with van der Waals surface area (Å²) in [5.74, 6) is -1.22. The fourth-order valence-corrected chi connectivity index (χ4v) is 3.44. The Balaban J connectivity index is 1.67. The highest BCUT2D eigenvalue weighted by Gasteiger charge is 2.23. The summed E-state index contributed by atoms with van der Waals surface area (Å²) in [7, 11) is 0. The Kier molecular flexibility index (Phi) is 6.13. The molecule has 0 saturated heterocycles. The molecule has 1 amide bonds. The Labute approximate surface area is 171 Å². The van der Waals surface area contributed by atoms with Gasteiger partial charge in [0.2, 0.25) is 0 Å². The van der Waals surface area contributed by atoms with Crippen LogP contribution in [-0.2, 0) is 9.53 Å². The first kappa shape index (κ1) is 20.3. The predicted molar refractivity (Wildman–Crippen MR) is 110 cm³/mol. The van der Waals surface area contributed by atoms with Crippen molar-refractivity contribution in [2.24, 2.45) is 0 Å². The summed E-state index contributed by atoms with van der Waals surface area (Å²) >= 11 is 1.17. The van der Waals surface area contributed by atoms with E-state index in [1.54, 1.807) is 49.5 Å². The zero-order chi connectivity index (χ0) is 21.0. The standard InChI is InChI=1S/C21H19N3O4S/c1-12-18(29-20(23-12)17-9-4-5-10-22-17)21(27)28-14(3)19(26)24-16-8-6-7-15(11-16)13(2)25/h4-11,14H,1-3H3,(H,24,26)/t14-/m0/s1. The van der Waals surface area contributed by atoms with Gasteiger partial charge < -0.3 is 10.1 Å². The van der Waals surface area contributed by atoms with Crippen LogP contribution in [-0.4, -0.2) is 33.7 Å². The molecular weight excluding hydrogens is 390 g/mol. The van der Waals surface area contributed by atoms with Gasteiger partial charge in [0.25, 0.3) is 5.91 Å². The number of amides is 1. The minimum Gasteiger partial charge on any atom is -0.448 e. The molecule has 0 spiro atoms. The number of carbonyl (C=O) groups is 3. The third-order valence-electron chi connectivity index (χ3n) is 4.06. The summed E-state index contributed by atoms with van der Waals surface area (Å²) in [6.45, 7) is 4.64. The lowest BCUT2D eigenvalue weighted by Gasteiger charge is -2.13. The molecule has 1 aromatic carbocycles. The van der Waals surface area contributed by atoms with Crippen LogP contribution in [0.25, 0.3) is 10.7 Å². The van der Waals surface area contributed by atoms with Crippen LogP contribution in [0.1, 0.15) is 39.6 Å². The number of Topliss-reactive ketones (excluding diaryl/α,β-unsaturated/α-hetero) is 1. The molecule has 0 radical (unpaired) electrons. The molecule has 0 aliphatic rings. The van der Waals surface area contributed by atoms with Crippen LogP contribution in [0.4, 0.5) is 5.69 Å². The number of nitrogens with zero attached hydrogens (tertiary/aromatic N) is 2. The van der Waals surface area contributed by atoms with Crippen molar-refractivity contribution >= 4 is 34.7 Å². The number of pyridine rings is 1. The fourth-order valence-electron chi connectivity index (χ4n) is 2.51. The topological polar surface area (TPSA) is 98.2 Å². The summed E-state index contributed by atoms with van der Waals surface area (Å²) in [5, 5.41) is 3.25. The highest BCUT2D eigenvalue weighted by atomic mass is 32.1. The molecule has 1 atom stereocenters. The van der Waals surface area contributed by atoms with Gasteiger partial charge in [0.15, 0.2) is 11.9 Å². The first-order valence-corrected chi connectivity index (χ1v) is 9.68. The first-order chi connectivity index (χ1) is 13.8. The van der Waals surface area contributed by atoms with Gasteiger partial charge in [-0.1, -0.05) is 18.2 Å². The number of aromatic nitrogens is 2. The van der Waals surface area contributed by atoms with Crippen molar-refractivity contribution < 1.29 is 19.1 Å². The predicted octanol–water partition coefficient (Wildman–Crippen LogP) is 3.90. The second kappa shape index (κ2) is 8.74. The fraction of sp³-hybridized carbons (Fsp3) is 0.190. The summed E-state index contributed by atoms with van der Waals surface area (Å²) in [6, 6.07) is 12.0. The zero-order valence-corrected chi connectivity index (χ0v) is 16.9. The molecule has 1 N–H and O–H groups in total. The Morgan fingerprint density at radius 2 is 1.93 bits per heavy atom. The maximum Gasteiger partial charge on any atom is 0.351 e. The average Bonchev–Trinajstić information content (AvgIpc) is 3.10. The Bertz CT molecular complexity index is 1060. The van der Waals surface area contributed by atoms with Crippen LogP contribution in [0.3, 0.4) is 0 Å². The molecule has 0 fully saturated rings. The number of aryl methyl sites for hydroxylation is 1. The van der Waals surface area contributed by atoms with Crippen molar-refractivity contribution in [1.82, 2.24) is 9.97 Å². The van der Waals surface area contributed by atoms with Crippen molar-refractivity contribution in [2.75, 3.05) is 5.32 Å². The minimum atomic E-state index is -1.02. The molecule has 0 unspecified atom stereocenters. The molecule has 3 aromatic rings. The molecule has 0 saturated carbocycles. The number of hydrogen-bond acceptors (Lipinski definition) is 7. The van der Waals surface area contributed by atoms with E-state index >= 15 is 0 Å². The summed E-state index contributed by atoms with van der Waals surface area (Å²) in [5.41, 5.74) is 2.12. The number of benzene rings is 1. The number of ether oxygens (including phenoxy) is 1. The molecule has 148 valence electrons. The quantitative estimate of drug-likeness (QED) is 0.490. The van der Waals surface area contributed by atoms with Crippen molar-refractivity contribution in [1.29, 1.82) is 0 Å². The van der Waals surface area contributed by atoms with Crippen molar-refractivity contribution in [3.63, 3.8) is 0 Å². The van der Waals surface area contributed by atoms with Crippen molar-refractivity contribution in [3.8, 4) is 10.7 Å². The van der Waals surface area contributed by atoms with E-state index in [1.807, 2.05) is 6.07 Å². The number of ketones is 1. The summed E-state index contributed by atoms with van der Waals surface area (Å²) < 4.78 is 5.31. The molecule has 2 heterocycles. The number of nitrogens with one attached hydrogen (secondary N) is 1. The summed E-state index contributed by atoms with van der Waals surface area (Å²) in [6.07, 6.45) is 0.626. The lowest BCUT2D eigenvalue weighted by Crippen LogP contribution is -2.30. The number of anilines is 1. The normalized spacial score (nSPS) is 11.6. The number of rotatable bonds is 6. The largest absolute Gasteiger partial charge is 0.448 e. The molecule has 8 heteroatoms. The van der Waals surface area contributed by atoms with Crippen molar-refractivity contribution in [3.05, 3.63) is 64.8 Å². The number of carbonyl (C=O) groups excluding carboxylic acids is 3. The lowest BCUT2D eigenvalue weighted by atomic mass is 10.1. The van der Waals surface area contributed by atoms with Gasteiger partial charge in [0.1, 0.15) is 9.88 Å².